The highest BCUT2D eigenvalue weighted by Crippen LogP contribution is 2.46. The van der Waals surface area contributed by atoms with Gasteiger partial charge in [-0.3, -0.25) is 4.98 Å². The van der Waals surface area contributed by atoms with E-state index in [4.69, 9.17) is 4.98 Å². The minimum atomic E-state index is -2.76. The van der Waals surface area contributed by atoms with E-state index in [1.165, 1.54) is 0 Å². The van der Waals surface area contributed by atoms with E-state index in [0.29, 0.717) is 12.2 Å². The SMILES string of the molecule is CC(C)c1cc2c(c(C(C)(C)C)n1)N(C)CCC2(F)F. The van der Waals surface area contributed by atoms with Gasteiger partial charge >= 0.3 is 0 Å². The summed E-state index contributed by atoms with van der Waals surface area (Å²) in [6.45, 7) is 10.4. The zero-order valence-electron chi connectivity index (χ0n) is 13.2. The topological polar surface area (TPSA) is 16.1 Å². The van der Waals surface area contributed by atoms with Gasteiger partial charge in [0, 0.05) is 36.7 Å². The molecule has 0 bridgehead atoms. The van der Waals surface area contributed by atoms with E-state index in [9.17, 15) is 8.78 Å². The van der Waals surface area contributed by atoms with Crippen molar-refractivity contribution in [1.29, 1.82) is 0 Å². The van der Waals surface area contributed by atoms with Crippen molar-refractivity contribution < 1.29 is 8.78 Å². The zero-order valence-corrected chi connectivity index (χ0v) is 13.2. The first-order valence-corrected chi connectivity index (χ1v) is 7.19. The van der Waals surface area contributed by atoms with Crippen LogP contribution in [0.3, 0.4) is 0 Å². The van der Waals surface area contributed by atoms with Crippen molar-refractivity contribution in [2.75, 3.05) is 18.5 Å². The van der Waals surface area contributed by atoms with Crippen molar-refractivity contribution in [1.82, 2.24) is 4.98 Å². The van der Waals surface area contributed by atoms with Crippen LogP contribution < -0.4 is 4.90 Å². The third kappa shape index (κ3) is 2.52. The lowest BCUT2D eigenvalue weighted by atomic mass is 9.85. The van der Waals surface area contributed by atoms with E-state index in [1.54, 1.807) is 6.07 Å². The Morgan fingerprint density at radius 3 is 2.40 bits per heavy atom. The Balaban J connectivity index is 2.78. The second-order valence-electron chi connectivity index (χ2n) is 7.07. The first-order valence-electron chi connectivity index (χ1n) is 7.19. The lowest BCUT2D eigenvalue weighted by Gasteiger charge is -2.37. The van der Waals surface area contributed by atoms with Crippen LogP contribution in [0.4, 0.5) is 14.5 Å². The Morgan fingerprint density at radius 2 is 1.90 bits per heavy atom. The molecule has 0 aromatic carbocycles. The molecule has 4 heteroatoms. The molecule has 0 atom stereocenters. The Hall–Kier alpha value is -1.19. The molecule has 1 aliphatic heterocycles. The molecule has 1 aromatic rings. The summed E-state index contributed by atoms with van der Waals surface area (Å²) >= 11 is 0. The molecule has 0 radical (unpaired) electrons. The predicted molar refractivity (Wildman–Crippen MR) is 78.8 cm³/mol. The maximum absolute atomic E-state index is 14.3. The predicted octanol–water partition coefficient (Wildman–Crippen LogP) is 4.43. The van der Waals surface area contributed by atoms with Crippen LogP contribution in [0.2, 0.25) is 0 Å². The summed E-state index contributed by atoms with van der Waals surface area (Å²) in [5, 5.41) is 0. The largest absolute Gasteiger partial charge is 0.372 e. The summed E-state index contributed by atoms with van der Waals surface area (Å²) in [6, 6.07) is 1.60. The van der Waals surface area contributed by atoms with Gasteiger partial charge < -0.3 is 4.90 Å². The monoisotopic (exact) mass is 282 g/mol. The van der Waals surface area contributed by atoms with Crippen molar-refractivity contribution >= 4 is 5.69 Å². The van der Waals surface area contributed by atoms with E-state index in [1.807, 2.05) is 46.6 Å². The van der Waals surface area contributed by atoms with Crippen molar-refractivity contribution in [3.63, 3.8) is 0 Å². The number of halogens is 2. The highest BCUT2D eigenvalue weighted by atomic mass is 19.3. The summed E-state index contributed by atoms with van der Waals surface area (Å²) in [7, 11) is 1.88. The highest BCUT2D eigenvalue weighted by molar-refractivity contribution is 5.63. The number of hydrogen-bond donors (Lipinski definition) is 0. The van der Waals surface area contributed by atoms with Crippen LogP contribution in [0.25, 0.3) is 0 Å². The molecule has 0 amide bonds. The Morgan fingerprint density at radius 1 is 1.30 bits per heavy atom. The third-order valence-corrected chi connectivity index (χ3v) is 3.85. The normalized spacial score (nSPS) is 18.4. The van der Waals surface area contributed by atoms with E-state index >= 15 is 0 Å². The van der Waals surface area contributed by atoms with Crippen molar-refractivity contribution in [3.05, 3.63) is 23.0 Å². The van der Waals surface area contributed by atoms with E-state index < -0.39 is 5.92 Å². The maximum atomic E-state index is 14.3. The number of alkyl halides is 2. The van der Waals surface area contributed by atoms with Crippen molar-refractivity contribution in [2.24, 2.45) is 0 Å². The van der Waals surface area contributed by atoms with Gasteiger partial charge in [-0.05, 0) is 12.0 Å². The average molecular weight is 282 g/mol. The highest BCUT2D eigenvalue weighted by Gasteiger charge is 2.42. The van der Waals surface area contributed by atoms with E-state index in [-0.39, 0.29) is 23.3 Å². The fourth-order valence-electron chi connectivity index (χ4n) is 2.60. The van der Waals surface area contributed by atoms with Gasteiger partial charge in [-0.15, -0.1) is 0 Å². The molecule has 0 spiro atoms. The minimum absolute atomic E-state index is 0.123. The number of rotatable bonds is 1. The summed E-state index contributed by atoms with van der Waals surface area (Å²) in [6.07, 6.45) is -0.123. The summed E-state index contributed by atoms with van der Waals surface area (Å²) in [5.74, 6) is -2.61. The second kappa shape index (κ2) is 4.68. The van der Waals surface area contributed by atoms with Gasteiger partial charge in [0.25, 0.3) is 5.92 Å². The number of pyridine rings is 1. The van der Waals surface area contributed by atoms with Gasteiger partial charge in [-0.25, -0.2) is 8.78 Å². The lowest BCUT2D eigenvalue weighted by Crippen LogP contribution is -2.36. The molecule has 1 aromatic heterocycles. The molecule has 20 heavy (non-hydrogen) atoms. The van der Waals surface area contributed by atoms with Gasteiger partial charge in [0.1, 0.15) is 0 Å². The Labute approximate surface area is 120 Å². The van der Waals surface area contributed by atoms with Crippen LogP contribution in [0.5, 0.6) is 0 Å². The van der Waals surface area contributed by atoms with Crippen LogP contribution in [-0.2, 0) is 11.3 Å². The van der Waals surface area contributed by atoms with Crippen LogP contribution in [-0.4, -0.2) is 18.6 Å². The lowest BCUT2D eigenvalue weighted by molar-refractivity contribution is -0.0151. The second-order valence-corrected chi connectivity index (χ2v) is 7.07. The molecule has 0 saturated heterocycles. The molecule has 2 nitrogen and oxygen atoms in total. The minimum Gasteiger partial charge on any atom is -0.372 e. The molecule has 0 saturated carbocycles. The zero-order chi connectivity index (χ0) is 15.3. The Kier molecular flexibility index (Phi) is 3.55. The van der Waals surface area contributed by atoms with E-state index in [2.05, 4.69) is 0 Å². The Bertz CT molecular complexity index is 499. The number of nitrogens with zero attached hydrogens (tertiary/aromatic N) is 2. The molecular formula is C16H24F2N2. The number of anilines is 1. The molecule has 1 aliphatic rings. The van der Waals surface area contributed by atoms with Crippen molar-refractivity contribution in [2.45, 2.75) is 58.3 Å². The molecule has 0 unspecified atom stereocenters. The number of hydrogen-bond acceptors (Lipinski definition) is 2. The number of aromatic nitrogens is 1. The quantitative estimate of drug-likeness (QED) is 0.757. The maximum Gasteiger partial charge on any atom is 0.277 e. The smallest absolute Gasteiger partial charge is 0.277 e. The summed E-state index contributed by atoms with van der Waals surface area (Å²) < 4.78 is 28.7. The van der Waals surface area contributed by atoms with Gasteiger partial charge in [0.2, 0.25) is 0 Å². The van der Waals surface area contributed by atoms with Gasteiger partial charge in [0.15, 0.2) is 0 Å². The van der Waals surface area contributed by atoms with Gasteiger partial charge in [-0.1, -0.05) is 34.6 Å². The van der Waals surface area contributed by atoms with E-state index in [0.717, 1.165) is 11.4 Å². The average Bonchev–Trinajstić information content (AvgIpc) is 2.32. The molecule has 2 rings (SSSR count). The molecule has 0 aliphatic carbocycles. The van der Waals surface area contributed by atoms with Crippen LogP contribution >= 0.6 is 0 Å². The molecular weight excluding hydrogens is 258 g/mol. The van der Waals surface area contributed by atoms with Gasteiger partial charge in [-0.2, -0.15) is 0 Å². The third-order valence-electron chi connectivity index (χ3n) is 3.85. The first kappa shape index (κ1) is 15.2. The molecule has 2 heterocycles. The van der Waals surface area contributed by atoms with Crippen molar-refractivity contribution in [3.8, 4) is 0 Å². The summed E-state index contributed by atoms with van der Waals surface area (Å²) in [4.78, 5) is 6.62. The molecule has 112 valence electrons. The first-order chi connectivity index (χ1) is 9.04. The van der Waals surface area contributed by atoms with Crippen LogP contribution in [0.15, 0.2) is 6.07 Å². The fourth-order valence-corrected chi connectivity index (χ4v) is 2.60. The standard InChI is InChI=1S/C16H24F2N2/c1-10(2)12-9-11-13(14(19-12)15(3,4)5)20(6)8-7-16(11,17)18/h9-10H,7-8H2,1-6H3. The molecule has 0 fully saturated rings. The van der Waals surface area contributed by atoms with Gasteiger partial charge in [0.05, 0.1) is 11.4 Å². The number of fused-ring (bicyclic) bond motifs is 1. The fraction of sp³-hybridized carbons (Fsp3) is 0.688. The molecule has 0 N–H and O–H groups in total. The summed E-state index contributed by atoms with van der Waals surface area (Å²) in [5.41, 5.74) is 2.05. The van der Waals surface area contributed by atoms with Crippen LogP contribution in [0, 0.1) is 0 Å². The van der Waals surface area contributed by atoms with Crippen LogP contribution in [0.1, 0.15) is 63.9 Å².